The third-order valence-electron chi connectivity index (χ3n) is 4.61. The van der Waals surface area contributed by atoms with Crippen molar-refractivity contribution in [3.8, 4) is 0 Å². The van der Waals surface area contributed by atoms with Gasteiger partial charge in [-0.3, -0.25) is 0 Å². The van der Waals surface area contributed by atoms with Crippen molar-refractivity contribution in [2.45, 2.75) is 18.4 Å². The summed E-state index contributed by atoms with van der Waals surface area (Å²) < 4.78 is 13.2. The minimum Gasteiger partial charge on any atom is -0.378 e. The van der Waals surface area contributed by atoms with Crippen LogP contribution in [0.5, 0.6) is 0 Å². The zero-order valence-corrected chi connectivity index (χ0v) is 13.2. The number of anilines is 1. The van der Waals surface area contributed by atoms with Gasteiger partial charge in [-0.25, -0.2) is 4.39 Å². The maximum Gasteiger partial charge on any atom is 0.123 e. The van der Waals surface area contributed by atoms with Crippen LogP contribution in [0.3, 0.4) is 0 Å². The summed E-state index contributed by atoms with van der Waals surface area (Å²) in [4.78, 5) is 0. The second kappa shape index (κ2) is 5.29. The van der Waals surface area contributed by atoms with E-state index in [1.807, 2.05) is 18.2 Å². The van der Waals surface area contributed by atoms with Crippen molar-refractivity contribution in [2.24, 2.45) is 5.92 Å². The highest BCUT2D eigenvalue weighted by Crippen LogP contribution is 2.52. The summed E-state index contributed by atoms with van der Waals surface area (Å²) in [6, 6.07) is 10.6. The Kier molecular flexibility index (Phi) is 3.39. The topological polar surface area (TPSA) is 12.0 Å². The fourth-order valence-electron chi connectivity index (χ4n) is 3.64. The van der Waals surface area contributed by atoms with Crippen molar-refractivity contribution in [2.75, 3.05) is 5.32 Å². The third kappa shape index (κ3) is 2.22. The fraction of sp³-hybridized carbons (Fsp3) is 0.222. The summed E-state index contributed by atoms with van der Waals surface area (Å²) in [5, 5.41) is 4.88. The van der Waals surface area contributed by atoms with Gasteiger partial charge in [0.15, 0.2) is 0 Å². The lowest BCUT2D eigenvalue weighted by molar-refractivity contribution is 0.425. The molecule has 2 aliphatic rings. The fourth-order valence-corrected chi connectivity index (χ4v) is 4.26. The Morgan fingerprint density at radius 1 is 1.09 bits per heavy atom. The van der Waals surface area contributed by atoms with E-state index in [1.165, 1.54) is 12.1 Å². The molecule has 112 valence electrons. The number of hydrogen-bond donors (Lipinski definition) is 1. The van der Waals surface area contributed by atoms with Crippen LogP contribution in [0.1, 0.15) is 29.5 Å². The largest absolute Gasteiger partial charge is 0.378 e. The molecule has 3 atom stereocenters. The summed E-state index contributed by atoms with van der Waals surface area (Å²) >= 11 is 12.6. The molecule has 0 spiro atoms. The minimum absolute atomic E-state index is 0.127. The van der Waals surface area contributed by atoms with Crippen LogP contribution in [0, 0.1) is 11.7 Å². The van der Waals surface area contributed by atoms with Gasteiger partial charge in [-0.2, -0.15) is 0 Å². The first-order valence-electron chi connectivity index (χ1n) is 7.31. The molecule has 0 saturated carbocycles. The lowest BCUT2D eigenvalue weighted by Crippen LogP contribution is -2.29. The first-order valence-corrected chi connectivity index (χ1v) is 8.06. The smallest absolute Gasteiger partial charge is 0.123 e. The number of rotatable bonds is 1. The SMILES string of the molecule is Fc1ccc([C@@H]2Nc3cc(Cl)cc(Cl)c3[C@H]3C=CC[C@@H]32)cc1. The Morgan fingerprint density at radius 3 is 2.64 bits per heavy atom. The summed E-state index contributed by atoms with van der Waals surface area (Å²) in [5.41, 5.74) is 3.17. The van der Waals surface area contributed by atoms with Crippen LogP contribution in [0.2, 0.25) is 10.0 Å². The second-order valence-electron chi connectivity index (χ2n) is 5.88. The number of halogens is 3. The standard InChI is InChI=1S/C18H14Cl2FN/c19-11-8-15(20)17-13-2-1-3-14(13)18(22-16(17)9-11)10-4-6-12(21)7-5-10/h1-2,4-9,13-14,18,22H,3H2/t13-,14-,18-/m0/s1. The van der Waals surface area contributed by atoms with Crippen LogP contribution in [-0.2, 0) is 0 Å². The van der Waals surface area contributed by atoms with E-state index >= 15 is 0 Å². The summed E-state index contributed by atoms with van der Waals surface area (Å²) in [6.45, 7) is 0. The van der Waals surface area contributed by atoms with Gasteiger partial charge in [-0.05, 0) is 42.2 Å². The minimum atomic E-state index is -0.216. The first-order chi connectivity index (χ1) is 10.6. The average Bonchev–Trinajstić information content (AvgIpc) is 2.95. The number of hydrogen-bond acceptors (Lipinski definition) is 1. The van der Waals surface area contributed by atoms with Gasteiger partial charge in [0.2, 0.25) is 0 Å². The van der Waals surface area contributed by atoms with Crippen molar-refractivity contribution >= 4 is 28.9 Å². The van der Waals surface area contributed by atoms with Crippen LogP contribution in [0.15, 0.2) is 48.6 Å². The molecule has 0 amide bonds. The highest BCUT2D eigenvalue weighted by molar-refractivity contribution is 6.35. The van der Waals surface area contributed by atoms with Crippen molar-refractivity contribution < 1.29 is 4.39 Å². The van der Waals surface area contributed by atoms with Gasteiger partial charge in [0.05, 0.1) is 6.04 Å². The van der Waals surface area contributed by atoms with Crippen molar-refractivity contribution in [1.82, 2.24) is 0 Å². The van der Waals surface area contributed by atoms with E-state index < -0.39 is 0 Å². The Labute approximate surface area is 138 Å². The quantitative estimate of drug-likeness (QED) is 0.635. The van der Waals surface area contributed by atoms with Gasteiger partial charge in [0.1, 0.15) is 5.82 Å². The molecule has 0 fully saturated rings. The molecule has 2 aromatic carbocycles. The Morgan fingerprint density at radius 2 is 1.86 bits per heavy atom. The Hall–Kier alpha value is -1.51. The number of fused-ring (bicyclic) bond motifs is 3. The molecule has 0 saturated heterocycles. The Bertz CT molecular complexity index is 754. The predicted molar refractivity (Wildman–Crippen MR) is 89.2 cm³/mol. The third-order valence-corrected chi connectivity index (χ3v) is 5.14. The molecule has 0 radical (unpaired) electrons. The van der Waals surface area contributed by atoms with Crippen molar-refractivity contribution in [1.29, 1.82) is 0 Å². The van der Waals surface area contributed by atoms with E-state index in [0.29, 0.717) is 16.0 Å². The molecule has 1 aliphatic carbocycles. The van der Waals surface area contributed by atoms with E-state index in [9.17, 15) is 4.39 Å². The second-order valence-corrected chi connectivity index (χ2v) is 6.72. The van der Waals surface area contributed by atoms with E-state index in [1.54, 1.807) is 6.07 Å². The Balaban J connectivity index is 1.82. The van der Waals surface area contributed by atoms with Crippen molar-refractivity contribution in [3.05, 3.63) is 75.5 Å². The molecule has 1 N–H and O–H groups in total. The average molecular weight is 334 g/mol. The first kappa shape index (κ1) is 14.1. The zero-order chi connectivity index (χ0) is 15.3. The maximum absolute atomic E-state index is 13.2. The van der Waals surface area contributed by atoms with Gasteiger partial charge in [0, 0.05) is 27.2 Å². The lowest BCUT2D eigenvalue weighted by atomic mass is 9.77. The van der Waals surface area contributed by atoms with E-state index in [4.69, 9.17) is 23.2 Å². The van der Waals surface area contributed by atoms with Crippen LogP contribution >= 0.6 is 23.2 Å². The molecule has 0 aromatic heterocycles. The van der Waals surface area contributed by atoms with Gasteiger partial charge in [-0.15, -0.1) is 0 Å². The van der Waals surface area contributed by atoms with Crippen LogP contribution in [0.25, 0.3) is 0 Å². The van der Waals surface area contributed by atoms with E-state index in [-0.39, 0.29) is 17.8 Å². The summed E-state index contributed by atoms with van der Waals surface area (Å²) in [7, 11) is 0. The number of allylic oxidation sites excluding steroid dienone is 2. The molecule has 4 heteroatoms. The highest BCUT2D eigenvalue weighted by atomic mass is 35.5. The van der Waals surface area contributed by atoms with E-state index in [2.05, 4.69) is 17.5 Å². The molecule has 0 unspecified atom stereocenters. The van der Waals surface area contributed by atoms with Crippen LogP contribution in [-0.4, -0.2) is 0 Å². The van der Waals surface area contributed by atoms with Gasteiger partial charge >= 0.3 is 0 Å². The molecular formula is C18H14Cl2FN. The summed E-state index contributed by atoms with van der Waals surface area (Å²) in [5.74, 6) is 0.444. The van der Waals surface area contributed by atoms with Crippen LogP contribution in [0.4, 0.5) is 10.1 Å². The highest BCUT2D eigenvalue weighted by Gasteiger charge is 2.39. The van der Waals surface area contributed by atoms with Gasteiger partial charge < -0.3 is 5.32 Å². The molecular weight excluding hydrogens is 320 g/mol. The predicted octanol–water partition coefficient (Wildman–Crippen LogP) is 5.96. The molecule has 1 aliphatic heterocycles. The normalized spacial score (nSPS) is 25.5. The number of nitrogens with one attached hydrogen (secondary N) is 1. The molecule has 0 bridgehead atoms. The summed E-state index contributed by atoms with van der Waals surface area (Å²) in [6.07, 6.45) is 5.41. The number of benzene rings is 2. The zero-order valence-electron chi connectivity index (χ0n) is 11.7. The molecule has 4 rings (SSSR count). The molecule has 2 aromatic rings. The van der Waals surface area contributed by atoms with Crippen molar-refractivity contribution in [3.63, 3.8) is 0 Å². The van der Waals surface area contributed by atoms with Gasteiger partial charge in [0.25, 0.3) is 0 Å². The van der Waals surface area contributed by atoms with E-state index in [0.717, 1.165) is 23.2 Å². The lowest BCUT2D eigenvalue weighted by Gasteiger charge is -2.38. The monoisotopic (exact) mass is 333 g/mol. The molecule has 22 heavy (non-hydrogen) atoms. The molecule has 1 nitrogen and oxygen atoms in total. The maximum atomic E-state index is 13.2. The van der Waals surface area contributed by atoms with Crippen LogP contribution < -0.4 is 5.32 Å². The molecule has 1 heterocycles. The van der Waals surface area contributed by atoms with Gasteiger partial charge in [-0.1, -0.05) is 47.5 Å².